The van der Waals surface area contributed by atoms with Crippen LogP contribution < -0.4 is 4.74 Å². The van der Waals surface area contributed by atoms with Gasteiger partial charge in [0, 0.05) is 10.6 Å². The molecule has 0 aromatic heterocycles. The number of hydrogen-bond acceptors (Lipinski definition) is 1. The molecular formula is C16H17ClO. The van der Waals surface area contributed by atoms with Gasteiger partial charge in [0.1, 0.15) is 5.75 Å². The Kier molecular flexibility index (Phi) is 3.93. The van der Waals surface area contributed by atoms with Gasteiger partial charge in [0.2, 0.25) is 0 Å². The lowest BCUT2D eigenvalue weighted by atomic mass is 9.96. The van der Waals surface area contributed by atoms with E-state index in [0.29, 0.717) is 5.92 Å². The average molecular weight is 261 g/mol. The Hall–Kier alpha value is -1.47. The van der Waals surface area contributed by atoms with Crippen LogP contribution in [-0.2, 0) is 0 Å². The van der Waals surface area contributed by atoms with Crippen molar-refractivity contribution in [3.8, 4) is 16.9 Å². The van der Waals surface area contributed by atoms with Crippen LogP contribution in [0, 0.1) is 0 Å². The topological polar surface area (TPSA) is 9.23 Å². The maximum Gasteiger partial charge on any atom is 0.126 e. The van der Waals surface area contributed by atoms with Crippen LogP contribution in [0.1, 0.15) is 25.3 Å². The standard InChI is InChI=1S/C16H17ClO/c1-11(2)13-6-9-16(18-3)15(10-13)12-4-7-14(17)8-5-12/h4-11H,1-3H3. The molecule has 0 N–H and O–H groups in total. The van der Waals surface area contributed by atoms with E-state index in [0.717, 1.165) is 21.9 Å². The smallest absolute Gasteiger partial charge is 0.126 e. The predicted octanol–water partition coefficient (Wildman–Crippen LogP) is 5.14. The first kappa shape index (κ1) is 13.0. The van der Waals surface area contributed by atoms with Crippen molar-refractivity contribution in [3.63, 3.8) is 0 Å². The van der Waals surface area contributed by atoms with Crippen molar-refractivity contribution in [1.29, 1.82) is 0 Å². The van der Waals surface area contributed by atoms with E-state index >= 15 is 0 Å². The Balaban J connectivity index is 2.53. The van der Waals surface area contributed by atoms with Crippen LogP contribution in [0.2, 0.25) is 5.02 Å². The molecule has 0 aliphatic carbocycles. The summed E-state index contributed by atoms with van der Waals surface area (Å²) in [6.45, 7) is 4.38. The average Bonchev–Trinajstić information content (AvgIpc) is 2.39. The van der Waals surface area contributed by atoms with Gasteiger partial charge >= 0.3 is 0 Å². The molecule has 0 aliphatic rings. The summed E-state index contributed by atoms with van der Waals surface area (Å²) in [5.74, 6) is 1.39. The molecule has 2 aromatic rings. The van der Waals surface area contributed by atoms with Crippen LogP contribution in [0.3, 0.4) is 0 Å². The zero-order chi connectivity index (χ0) is 13.1. The molecule has 2 heteroatoms. The second kappa shape index (κ2) is 5.45. The van der Waals surface area contributed by atoms with Gasteiger partial charge in [-0.2, -0.15) is 0 Å². The van der Waals surface area contributed by atoms with E-state index in [1.165, 1.54) is 5.56 Å². The summed E-state index contributed by atoms with van der Waals surface area (Å²) in [6, 6.07) is 14.2. The molecule has 0 spiro atoms. The van der Waals surface area contributed by atoms with Crippen molar-refractivity contribution in [2.45, 2.75) is 19.8 Å². The molecule has 0 aliphatic heterocycles. The molecule has 0 unspecified atom stereocenters. The van der Waals surface area contributed by atoms with Crippen molar-refractivity contribution in [2.24, 2.45) is 0 Å². The molecule has 0 bridgehead atoms. The molecule has 94 valence electrons. The zero-order valence-corrected chi connectivity index (χ0v) is 11.7. The van der Waals surface area contributed by atoms with Crippen molar-refractivity contribution in [1.82, 2.24) is 0 Å². The molecule has 0 fully saturated rings. The number of benzene rings is 2. The summed E-state index contributed by atoms with van der Waals surface area (Å²) < 4.78 is 5.43. The molecule has 0 radical (unpaired) electrons. The second-order valence-electron chi connectivity index (χ2n) is 4.62. The van der Waals surface area contributed by atoms with E-state index in [9.17, 15) is 0 Å². The van der Waals surface area contributed by atoms with Crippen molar-refractivity contribution in [2.75, 3.05) is 7.11 Å². The molecule has 1 nitrogen and oxygen atoms in total. The SMILES string of the molecule is COc1ccc(C(C)C)cc1-c1ccc(Cl)cc1. The lowest BCUT2D eigenvalue weighted by Gasteiger charge is -2.13. The summed E-state index contributed by atoms with van der Waals surface area (Å²) in [5.41, 5.74) is 3.54. The minimum Gasteiger partial charge on any atom is -0.496 e. The van der Waals surface area contributed by atoms with E-state index in [2.05, 4.69) is 26.0 Å². The number of methoxy groups -OCH3 is 1. The molecule has 0 heterocycles. The molecular weight excluding hydrogens is 244 g/mol. The van der Waals surface area contributed by atoms with Crippen LogP contribution in [0.15, 0.2) is 42.5 Å². The van der Waals surface area contributed by atoms with Gasteiger partial charge in [-0.3, -0.25) is 0 Å². The monoisotopic (exact) mass is 260 g/mol. The third kappa shape index (κ3) is 2.68. The molecule has 18 heavy (non-hydrogen) atoms. The predicted molar refractivity (Wildman–Crippen MR) is 77.5 cm³/mol. The number of ether oxygens (including phenoxy) is 1. The van der Waals surface area contributed by atoms with Gasteiger partial charge in [-0.15, -0.1) is 0 Å². The Bertz CT molecular complexity index is 529. The van der Waals surface area contributed by atoms with Gasteiger partial charge < -0.3 is 4.74 Å². The first-order valence-corrected chi connectivity index (χ1v) is 6.43. The van der Waals surface area contributed by atoms with E-state index in [4.69, 9.17) is 16.3 Å². The van der Waals surface area contributed by atoms with Gasteiger partial charge in [0.15, 0.2) is 0 Å². The lowest BCUT2D eigenvalue weighted by Crippen LogP contribution is -1.92. The van der Waals surface area contributed by atoms with Gasteiger partial charge in [-0.25, -0.2) is 0 Å². The zero-order valence-electron chi connectivity index (χ0n) is 10.9. The van der Waals surface area contributed by atoms with Crippen molar-refractivity contribution in [3.05, 3.63) is 53.1 Å². The summed E-state index contributed by atoms with van der Waals surface area (Å²) in [6.07, 6.45) is 0. The summed E-state index contributed by atoms with van der Waals surface area (Å²) in [4.78, 5) is 0. The normalized spacial score (nSPS) is 10.7. The van der Waals surface area contributed by atoms with Crippen molar-refractivity contribution < 1.29 is 4.74 Å². The maximum absolute atomic E-state index is 5.92. The fraction of sp³-hybridized carbons (Fsp3) is 0.250. The van der Waals surface area contributed by atoms with Gasteiger partial charge in [-0.1, -0.05) is 43.6 Å². The van der Waals surface area contributed by atoms with Crippen LogP contribution >= 0.6 is 11.6 Å². The van der Waals surface area contributed by atoms with Gasteiger partial charge in [-0.05, 0) is 41.3 Å². The Labute approximate surface area is 113 Å². The minimum absolute atomic E-state index is 0.502. The highest BCUT2D eigenvalue weighted by Gasteiger charge is 2.08. The number of rotatable bonds is 3. The van der Waals surface area contributed by atoms with Crippen LogP contribution in [0.5, 0.6) is 5.75 Å². The van der Waals surface area contributed by atoms with Crippen molar-refractivity contribution >= 4 is 11.6 Å². The van der Waals surface area contributed by atoms with E-state index in [-0.39, 0.29) is 0 Å². The second-order valence-corrected chi connectivity index (χ2v) is 5.06. The van der Waals surface area contributed by atoms with Crippen LogP contribution in [0.25, 0.3) is 11.1 Å². The molecule has 0 saturated carbocycles. The maximum atomic E-state index is 5.92. The van der Waals surface area contributed by atoms with E-state index in [1.807, 2.05) is 30.3 Å². The number of hydrogen-bond donors (Lipinski definition) is 0. The van der Waals surface area contributed by atoms with E-state index < -0.39 is 0 Å². The highest BCUT2D eigenvalue weighted by Crippen LogP contribution is 2.33. The minimum atomic E-state index is 0.502. The van der Waals surface area contributed by atoms with Gasteiger partial charge in [0.25, 0.3) is 0 Å². The lowest BCUT2D eigenvalue weighted by molar-refractivity contribution is 0.416. The highest BCUT2D eigenvalue weighted by atomic mass is 35.5. The summed E-state index contributed by atoms with van der Waals surface area (Å²) >= 11 is 5.92. The molecule has 2 aromatic carbocycles. The molecule has 0 amide bonds. The Morgan fingerprint density at radius 3 is 2.22 bits per heavy atom. The Morgan fingerprint density at radius 2 is 1.67 bits per heavy atom. The molecule has 0 saturated heterocycles. The largest absolute Gasteiger partial charge is 0.496 e. The highest BCUT2D eigenvalue weighted by molar-refractivity contribution is 6.30. The fourth-order valence-electron chi connectivity index (χ4n) is 1.94. The quantitative estimate of drug-likeness (QED) is 0.743. The summed E-state index contributed by atoms with van der Waals surface area (Å²) in [7, 11) is 1.70. The molecule has 2 rings (SSSR count). The first-order valence-electron chi connectivity index (χ1n) is 6.05. The third-order valence-corrected chi connectivity index (χ3v) is 3.30. The van der Waals surface area contributed by atoms with Crippen LogP contribution in [-0.4, -0.2) is 7.11 Å². The van der Waals surface area contributed by atoms with Gasteiger partial charge in [0.05, 0.1) is 7.11 Å². The van der Waals surface area contributed by atoms with Crippen LogP contribution in [0.4, 0.5) is 0 Å². The number of halogens is 1. The fourth-order valence-corrected chi connectivity index (χ4v) is 2.07. The van der Waals surface area contributed by atoms with E-state index in [1.54, 1.807) is 7.11 Å². The third-order valence-electron chi connectivity index (χ3n) is 3.05. The Morgan fingerprint density at radius 1 is 1.00 bits per heavy atom. The first-order chi connectivity index (χ1) is 8.61. The summed E-state index contributed by atoms with van der Waals surface area (Å²) in [5, 5.41) is 0.748. The molecule has 0 atom stereocenters.